The number of H-pyrrole nitrogens is 1. The molecule has 33 heavy (non-hydrogen) atoms. The Morgan fingerprint density at radius 2 is 1.79 bits per heavy atom. The molecule has 1 aliphatic carbocycles. The van der Waals surface area contributed by atoms with Gasteiger partial charge in [0.15, 0.2) is 0 Å². The number of rotatable bonds is 8. The zero-order valence-corrected chi connectivity index (χ0v) is 19.3. The average molecular weight is 449 g/mol. The molecule has 3 aromatic rings. The third kappa shape index (κ3) is 5.35. The smallest absolute Gasteiger partial charge is 0.256 e. The maximum absolute atomic E-state index is 13.1. The standard InChI is InChI=1S/C26H32N4O3/c1-17(2)14-30-15-21(24(31)22(16-30)26(33)29-19-7-3-4-8-19)25(32)27-12-11-18-13-28-23-10-6-5-9-20(18)23/h5-6,9-10,13,15-17,19,28H,3-4,7-8,11-12,14H2,1-2H3,(H,27,32)(H,29,33). The van der Waals surface area contributed by atoms with E-state index in [1.165, 1.54) is 0 Å². The number of carbonyl (C=O) groups excluding carboxylic acids is 2. The van der Waals surface area contributed by atoms with E-state index in [4.69, 9.17) is 0 Å². The third-order valence-corrected chi connectivity index (χ3v) is 6.19. The zero-order valence-electron chi connectivity index (χ0n) is 19.3. The molecule has 0 unspecified atom stereocenters. The number of carbonyl (C=O) groups is 2. The Bertz CT molecular complexity index is 1200. The highest BCUT2D eigenvalue weighted by molar-refractivity contribution is 5.99. The summed E-state index contributed by atoms with van der Waals surface area (Å²) >= 11 is 0. The Balaban J connectivity index is 1.51. The van der Waals surface area contributed by atoms with Crippen molar-refractivity contribution in [2.75, 3.05) is 6.54 Å². The van der Waals surface area contributed by atoms with Crippen molar-refractivity contribution in [1.29, 1.82) is 0 Å². The van der Waals surface area contributed by atoms with Gasteiger partial charge in [0.05, 0.1) is 0 Å². The van der Waals surface area contributed by atoms with Crippen LogP contribution in [-0.4, -0.2) is 34.0 Å². The van der Waals surface area contributed by atoms with Gasteiger partial charge in [-0.05, 0) is 36.8 Å². The minimum atomic E-state index is -0.518. The maximum atomic E-state index is 13.1. The Morgan fingerprint density at radius 3 is 2.52 bits per heavy atom. The first-order chi connectivity index (χ1) is 15.9. The molecule has 1 aromatic carbocycles. The van der Waals surface area contributed by atoms with Crippen LogP contribution in [0.5, 0.6) is 0 Å². The fourth-order valence-corrected chi connectivity index (χ4v) is 4.56. The largest absolute Gasteiger partial charge is 0.361 e. The molecule has 2 amide bonds. The molecule has 0 radical (unpaired) electrons. The van der Waals surface area contributed by atoms with Gasteiger partial charge in [0.1, 0.15) is 11.1 Å². The lowest BCUT2D eigenvalue weighted by Crippen LogP contribution is -2.39. The monoisotopic (exact) mass is 448 g/mol. The van der Waals surface area contributed by atoms with Gasteiger partial charge in [-0.1, -0.05) is 44.9 Å². The Morgan fingerprint density at radius 1 is 1.09 bits per heavy atom. The Labute approximate surface area is 193 Å². The summed E-state index contributed by atoms with van der Waals surface area (Å²) in [5.41, 5.74) is 1.68. The number of nitrogens with one attached hydrogen (secondary N) is 3. The fourth-order valence-electron chi connectivity index (χ4n) is 4.56. The number of para-hydroxylation sites is 1. The second-order valence-corrected chi connectivity index (χ2v) is 9.33. The van der Waals surface area contributed by atoms with Crippen LogP contribution in [0.3, 0.4) is 0 Å². The van der Waals surface area contributed by atoms with Crippen LogP contribution in [0.2, 0.25) is 0 Å². The predicted octanol–water partition coefficient (Wildman–Crippen LogP) is 3.63. The van der Waals surface area contributed by atoms with Crippen molar-refractivity contribution in [3.63, 3.8) is 0 Å². The molecule has 1 fully saturated rings. The summed E-state index contributed by atoms with van der Waals surface area (Å²) in [6, 6.07) is 8.11. The van der Waals surface area contributed by atoms with E-state index in [1.807, 2.05) is 30.5 Å². The molecule has 0 saturated heterocycles. The van der Waals surface area contributed by atoms with E-state index in [2.05, 4.69) is 29.5 Å². The van der Waals surface area contributed by atoms with Gasteiger partial charge in [0.25, 0.3) is 11.8 Å². The normalized spacial score (nSPS) is 14.2. The van der Waals surface area contributed by atoms with Gasteiger partial charge in [-0.25, -0.2) is 0 Å². The highest BCUT2D eigenvalue weighted by Gasteiger charge is 2.23. The Kier molecular flexibility index (Phi) is 6.96. The molecule has 3 N–H and O–H groups in total. The van der Waals surface area contributed by atoms with Gasteiger partial charge in [0, 0.05) is 48.6 Å². The van der Waals surface area contributed by atoms with Crippen LogP contribution in [0.25, 0.3) is 10.9 Å². The molecule has 2 aromatic heterocycles. The molecule has 2 heterocycles. The van der Waals surface area contributed by atoms with Crippen molar-refractivity contribution in [3.05, 3.63) is 69.8 Å². The molecule has 7 heteroatoms. The van der Waals surface area contributed by atoms with Gasteiger partial charge < -0.3 is 20.2 Å². The highest BCUT2D eigenvalue weighted by atomic mass is 16.2. The van der Waals surface area contributed by atoms with E-state index < -0.39 is 17.2 Å². The summed E-state index contributed by atoms with van der Waals surface area (Å²) in [4.78, 5) is 42.1. The van der Waals surface area contributed by atoms with Crippen molar-refractivity contribution in [3.8, 4) is 0 Å². The SMILES string of the molecule is CC(C)Cn1cc(C(=O)NCCc2c[nH]c3ccccc23)c(=O)c(C(=O)NC2CCCC2)c1. The molecule has 0 atom stereocenters. The average Bonchev–Trinajstić information content (AvgIpc) is 3.44. The highest BCUT2D eigenvalue weighted by Crippen LogP contribution is 2.19. The third-order valence-electron chi connectivity index (χ3n) is 6.19. The molecular weight excluding hydrogens is 416 g/mol. The molecule has 1 aliphatic rings. The van der Waals surface area contributed by atoms with E-state index in [1.54, 1.807) is 17.0 Å². The first-order valence-corrected chi connectivity index (χ1v) is 11.8. The Hall–Kier alpha value is -3.35. The van der Waals surface area contributed by atoms with E-state index in [9.17, 15) is 14.4 Å². The molecule has 0 bridgehead atoms. The zero-order chi connectivity index (χ0) is 23.4. The number of pyridine rings is 1. The number of hydrogen-bond donors (Lipinski definition) is 3. The van der Waals surface area contributed by atoms with Crippen molar-refractivity contribution in [1.82, 2.24) is 20.2 Å². The predicted molar refractivity (Wildman–Crippen MR) is 130 cm³/mol. The van der Waals surface area contributed by atoms with E-state index in [-0.39, 0.29) is 17.2 Å². The minimum absolute atomic E-state index is 0.00801. The number of nitrogens with zero attached hydrogens (tertiary/aromatic N) is 1. The number of aromatic amines is 1. The second-order valence-electron chi connectivity index (χ2n) is 9.33. The van der Waals surface area contributed by atoms with Gasteiger partial charge in [-0.3, -0.25) is 14.4 Å². The van der Waals surface area contributed by atoms with E-state index in [0.29, 0.717) is 25.4 Å². The summed E-state index contributed by atoms with van der Waals surface area (Å²) in [5.74, 6) is -0.540. The lowest BCUT2D eigenvalue weighted by molar-refractivity contribution is 0.0935. The van der Waals surface area contributed by atoms with E-state index in [0.717, 1.165) is 42.1 Å². The molecule has 7 nitrogen and oxygen atoms in total. The van der Waals surface area contributed by atoms with Gasteiger partial charge in [-0.2, -0.15) is 0 Å². The van der Waals surface area contributed by atoms with Crippen LogP contribution in [-0.2, 0) is 13.0 Å². The summed E-state index contributed by atoms with van der Waals surface area (Å²) in [6.07, 6.45) is 9.76. The number of fused-ring (bicyclic) bond motifs is 1. The first kappa shape index (κ1) is 22.8. The number of benzene rings is 1. The molecule has 1 saturated carbocycles. The van der Waals surface area contributed by atoms with Crippen molar-refractivity contribution in [2.24, 2.45) is 5.92 Å². The topological polar surface area (TPSA) is 96.0 Å². The lowest BCUT2D eigenvalue weighted by atomic mass is 10.1. The summed E-state index contributed by atoms with van der Waals surface area (Å²) in [5, 5.41) is 6.96. The molecular formula is C26H32N4O3. The second kappa shape index (κ2) is 10.1. The van der Waals surface area contributed by atoms with Crippen LogP contribution in [0.1, 0.15) is 65.8 Å². The first-order valence-electron chi connectivity index (χ1n) is 11.8. The number of hydrogen-bond acceptors (Lipinski definition) is 3. The molecule has 174 valence electrons. The van der Waals surface area contributed by atoms with Gasteiger partial charge in [-0.15, -0.1) is 0 Å². The summed E-state index contributed by atoms with van der Waals surface area (Å²) in [6.45, 7) is 5.11. The minimum Gasteiger partial charge on any atom is -0.361 e. The van der Waals surface area contributed by atoms with Crippen LogP contribution in [0.15, 0.2) is 47.7 Å². The van der Waals surface area contributed by atoms with Gasteiger partial charge >= 0.3 is 0 Å². The fraction of sp³-hybridized carbons (Fsp3) is 0.423. The quantitative estimate of drug-likeness (QED) is 0.491. The van der Waals surface area contributed by atoms with Crippen molar-refractivity contribution in [2.45, 2.75) is 58.5 Å². The van der Waals surface area contributed by atoms with Crippen LogP contribution < -0.4 is 16.1 Å². The molecule has 0 aliphatic heterocycles. The molecule has 0 spiro atoms. The van der Waals surface area contributed by atoms with Gasteiger partial charge in [0.2, 0.25) is 5.43 Å². The van der Waals surface area contributed by atoms with Crippen molar-refractivity contribution < 1.29 is 9.59 Å². The van der Waals surface area contributed by atoms with Crippen LogP contribution in [0.4, 0.5) is 0 Å². The summed E-state index contributed by atoms with van der Waals surface area (Å²) in [7, 11) is 0. The van der Waals surface area contributed by atoms with Crippen LogP contribution in [0, 0.1) is 5.92 Å². The maximum Gasteiger partial charge on any atom is 0.256 e. The lowest BCUT2D eigenvalue weighted by Gasteiger charge is -2.16. The van der Waals surface area contributed by atoms with E-state index >= 15 is 0 Å². The summed E-state index contributed by atoms with van der Waals surface area (Å²) < 4.78 is 1.78. The van der Waals surface area contributed by atoms with Crippen LogP contribution >= 0.6 is 0 Å². The molecule has 4 rings (SSSR count). The number of aromatic nitrogens is 2. The number of amides is 2. The van der Waals surface area contributed by atoms with Crippen molar-refractivity contribution >= 4 is 22.7 Å².